The molecule has 3 unspecified atom stereocenters. The first kappa shape index (κ1) is 24.2. The molecule has 1 aliphatic carbocycles. The van der Waals surface area contributed by atoms with Crippen molar-refractivity contribution < 1.29 is 32.9 Å². The van der Waals surface area contributed by atoms with E-state index in [2.05, 4.69) is 15.3 Å². The molecule has 2 aliphatic heterocycles. The molecule has 1 aromatic carbocycles. The third-order valence-electron chi connectivity index (χ3n) is 6.22. The molecule has 36 heavy (non-hydrogen) atoms. The van der Waals surface area contributed by atoms with Gasteiger partial charge in [-0.15, -0.1) is 0 Å². The lowest BCUT2D eigenvalue weighted by molar-refractivity contribution is -0.118. The minimum Gasteiger partial charge on any atom is -0.492 e. The van der Waals surface area contributed by atoms with Crippen molar-refractivity contribution in [3.05, 3.63) is 35.3 Å². The number of aromatic nitrogens is 2. The number of carbonyl (C=O) groups is 2. The number of nitrogens with two attached hydrogens (primary N) is 1. The molecule has 3 N–H and O–H groups in total. The van der Waals surface area contributed by atoms with Crippen LogP contribution in [-0.2, 0) is 27.1 Å². The van der Waals surface area contributed by atoms with Crippen molar-refractivity contribution in [3.63, 3.8) is 0 Å². The van der Waals surface area contributed by atoms with Gasteiger partial charge in [-0.05, 0) is 49.3 Å². The first-order valence-electron chi connectivity index (χ1n) is 11.9. The van der Waals surface area contributed by atoms with Crippen LogP contribution in [0.4, 0.5) is 20.8 Å². The van der Waals surface area contributed by atoms with Crippen molar-refractivity contribution in [2.45, 2.75) is 38.3 Å². The number of amides is 2. The highest BCUT2D eigenvalue weighted by atomic mass is 19.1. The fourth-order valence-corrected chi connectivity index (χ4v) is 4.51. The third kappa shape index (κ3) is 5.34. The lowest BCUT2D eigenvalue weighted by atomic mass is 10.0. The number of nitrogens with one attached hydrogen (secondary N) is 1. The van der Waals surface area contributed by atoms with Crippen LogP contribution < -0.4 is 25.4 Å². The number of rotatable bonds is 9. The van der Waals surface area contributed by atoms with Gasteiger partial charge in [-0.2, -0.15) is 0 Å². The van der Waals surface area contributed by atoms with E-state index in [4.69, 9.17) is 24.7 Å². The Morgan fingerprint density at radius 3 is 3.03 bits per heavy atom. The maximum absolute atomic E-state index is 14.5. The maximum atomic E-state index is 14.5. The van der Waals surface area contributed by atoms with Crippen molar-refractivity contribution in [1.29, 1.82) is 0 Å². The number of hydrogen-bond acceptors (Lipinski definition) is 9. The standard InChI is InChI=1S/C24H28FN5O6/c1-13(26)10-34-16-6-15-4-14(5-18(15)19(25)7-16)2-3-33-11-17-9-30(24(32)36-17)20-8-27-23-22(28-20)29-21(31)12-35-23/h6-8,13-14,17H,2-5,9-12,26H2,1H3,(H,28,29,31). The Morgan fingerprint density at radius 1 is 1.33 bits per heavy atom. The van der Waals surface area contributed by atoms with E-state index in [9.17, 15) is 14.0 Å². The van der Waals surface area contributed by atoms with Crippen molar-refractivity contribution in [2.24, 2.45) is 11.7 Å². The number of cyclic esters (lactones) is 1. The van der Waals surface area contributed by atoms with Gasteiger partial charge in [-0.25, -0.2) is 19.2 Å². The summed E-state index contributed by atoms with van der Waals surface area (Å²) in [7, 11) is 0. The number of fused-ring (bicyclic) bond motifs is 2. The summed E-state index contributed by atoms with van der Waals surface area (Å²) in [5.74, 6) is 0.807. The van der Waals surface area contributed by atoms with Gasteiger partial charge in [0.25, 0.3) is 11.8 Å². The predicted molar refractivity (Wildman–Crippen MR) is 126 cm³/mol. The third-order valence-corrected chi connectivity index (χ3v) is 6.22. The Bertz CT molecular complexity index is 1160. The molecule has 0 saturated carbocycles. The highest BCUT2D eigenvalue weighted by Gasteiger charge is 2.34. The molecule has 0 radical (unpaired) electrons. The van der Waals surface area contributed by atoms with Crippen LogP contribution in [0.15, 0.2) is 18.3 Å². The van der Waals surface area contributed by atoms with E-state index in [0.29, 0.717) is 25.4 Å². The van der Waals surface area contributed by atoms with Crippen LogP contribution in [0.5, 0.6) is 11.6 Å². The molecule has 0 spiro atoms. The van der Waals surface area contributed by atoms with Gasteiger partial charge in [0.15, 0.2) is 18.2 Å². The van der Waals surface area contributed by atoms with E-state index >= 15 is 0 Å². The SMILES string of the molecule is CC(N)COc1cc(F)c2c(c1)CC(CCOCC1CN(c3cnc4c(n3)NC(=O)CO4)C(=O)O1)C2. The smallest absolute Gasteiger partial charge is 0.416 e. The quantitative estimate of drug-likeness (QED) is 0.493. The zero-order chi connectivity index (χ0) is 25.2. The lowest BCUT2D eigenvalue weighted by Gasteiger charge is -2.18. The number of hydrogen-bond donors (Lipinski definition) is 2. The van der Waals surface area contributed by atoms with Gasteiger partial charge in [0.2, 0.25) is 0 Å². The molecule has 2 amide bonds. The second-order valence-electron chi connectivity index (χ2n) is 9.30. The highest BCUT2D eigenvalue weighted by molar-refractivity contribution is 5.94. The van der Waals surface area contributed by atoms with Crippen molar-refractivity contribution in [3.8, 4) is 11.6 Å². The Balaban J connectivity index is 1.08. The van der Waals surface area contributed by atoms with Gasteiger partial charge in [-0.1, -0.05) is 0 Å². The topological polar surface area (TPSA) is 138 Å². The molecule has 1 fully saturated rings. The fraction of sp³-hybridized carbons (Fsp3) is 0.500. The summed E-state index contributed by atoms with van der Waals surface area (Å²) < 4.78 is 36.5. The van der Waals surface area contributed by atoms with Crippen LogP contribution in [0.1, 0.15) is 24.5 Å². The molecule has 192 valence electrons. The molecule has 3 heterocycles. The zero-order valence-corrected chi connectivity index (χ0v) is 19.9. The summed E-state index contributed by atoms with van der Waals surface area (Å²) >= 11 is 0. The number of anilines is 2. The van der Waals surface area contributed by atoms with Gasteiger partial charge < -0.3 is 30.0 Å². The monoisotopic (exact) mass is 501 g/mol. The van der Waals surface area contributed by atoms with Crippen LogP contribution in [-0.4, -0.2) is 67.1 Å². The summed E-state index contributed by atoms with van der Waals surface area (Å²) in [4.78, 5) is 33.5. The van der Waals surface area contributed by atoms with Crippen LogP contribution in [0.2, 0.25) is 0 Å². The average Bonchev–Trinajstić information content (AvgIpc) is 3.43. The second-order valence-corrected chi connectivity index (χ2v) is 9.30. The van der Waals surface area contributed by atoms with Crippen LogP contribution in [0, 0.1) is 11.7 Å². The van der Waals surface area contributed by atoms with Gasteiger partial charge in [0.05, 0.1) is 19.3 Å². The Morgan fingerprint density at radius 2 is 2.19 bits per heavy atom. The molecule has 5 rings (SSSR count). The molecule has 3 aliphatic rings. The van der Waals surface area contributed by atoms with Crippen LogP contribution >= 0.6 is 0 Å². The number of carbonyl (C=O) groups excluding carboxylic acids is 2. The Kier molecular flexibility index (Phi) is 6.88. The van der Waals surface area contributed by atoms with Crippen molar-refractivity contribution in [2.75, 3.05) is 43.2 Å². The highest BCUT2D eigenvalue weighted by Crippen LogP contribution is 2.34. The molecular formula is C24H28FN5O6. The van der Waals surface area contributed by atoms with Crippen LogP contribution in [0.3, 0.4) is 0 Å². The van der Waals surface area contributed by atoms with Crippen molar-refractivity contribution in [1.82, 2.24) is 9.97 Å². The summed E-state index contributed by atoms with van der Waals surface area (Å²) in [6.07, 6.45) is 2.53. The van der Waals surface area contributed by atoms with E-state index < -0.39 is 12.2 Å². The van der Waals surface area contributed by atoms with Gasteiger partial charge >= 0.3 is 6.09 Å². The summed E-state index contributed by atoms with van der Waals surface area (Å²) in [5, 5.41) is 2.57. The van der Waals surface area contributed by atoms with E-state index in [1.807, 2.05) is 13.0 Å². The normalized spacial score (nSPS) is 21.4. The fourth-order valence-electron chi connectivity index (χ4n) is 4.51. The van der Waals surface area contributed by atoms with Gasteiger partial charge in [-0.3, -0.25) is 9.69 Å². The Hall–Kier alpha value is -3.51. The first-order valence-corrected chi connectivity index (χ1v) is 11.9. The van der Waals surface area contributed by atoms with Gasteiger partial charge in [0, 0.05) is 18.7 Å². The van der Waals surface area contributed by atoms with Gasteiger partial charge in [0.1, 0.15) is 24.3 Å². The lowest BCUT2D eigenvalue weighted by Crippen LogP contribution is -2.30. The van der Waals surface area contributed by atoms with E-state index in [-0.39, 0.29) is 61.0 Å². The molecule has 1 saturated heterocycles. The minimum absolute atomic E-state index is 0.124. The second kappa shape index (κ2) is 10.2. The molecule has 2 aromatic rings. The molecule has 1 aromatic heterocycles. The Labute approximate surface area is 207 Å². The summed E-state index contributed by atoms with van der Waals surface area (Å²) in [5.41, 5.74) is 7.42. The predicted octanol–water partition coefficient (Wildman–Crippen LogP) is 1.82. The summed E-state index contributed by atoms with van der Waals surface area (Å²) in [6, 6.07) is 3.20. The first-order chi connectivity index (χ1) is 17.4. The molecule has 0 bridgehead atoms. The zero-order valence-electron chi connectivity index (χ0n) is 19.9. The van der Waals surface area contributed by atoms with E-state index in [1.165, 1.54) is 17.2 Å². The van der Waals surface area contributed by atoms with Crippen LogP contribution in [0.25, 0.3) is 0 Å². The minimum atomic E-state index is -0.565. The average molecular weight is 502 g/mol. The van der Waals surface area contributed by atoms with E-state index in [0.717, 1.165) is 24.0 Å². The maximum Gasteiger partial charge on any atom is 0.416 e. The molecule has 12 heteroatoms. The molecular weight excluding hydrogens is 473 g/mol. The number of halogens is 1. The number of nitrogens with zero attached hydrogens (tertiary/aromatic N) is 3. The van der Waals surface area contributed by atoms with E-state index in [1.54, 1.807) is 0 Å². The number of ether oxygens (including phenoxy) is 4. The van der Waals surface area contributed by atoms with Crippen molar-refractivity contribution >= 4 is 23.6 Å². The summed E-state index contributed by atoms with van der Waals surface area (Å²) in [6.45, 7) is 2.97. The largest absolute Gasteiger partial charge is 0.492 e. The molecule has 11 nitrogen and oxygen atoms in total. The molecule has 3 atom stereocenters. The number of benzene rings is 1.